The van der Waals surface area contributed by atoms with Crippen molar-refractivity contribution in [3.05, 3.63) is 58.1 Å². The van der Waals surface area contributed by atoms with Crippen molar-refractivity contribution in [1.29, 1.82) is 0 Å². The number of nitrogens with zero attached hydrogens (tertiary/aromatic N) is 2. The molecule has 28 heavy (non-hydrogen) atoms. The third-order valence-corrected chi connectivity index (χ3v) is 4.62. The Hall–Kier alpha value is -3.62. The molecule has 1 atom stereocenters. The van der Waals surface area contributed by atoms with Crippen molar-refractivity contribution in [2.75, 3.05) is 24.7 Å². The number of ether oxygens (including phenoxy) is 2. The average molecular weight is 383 g/mol. The molecule has 144 valence electrons. The minimum atomic E-state index is -0.556. The van der Waals surface area contributed by atoms with E-state index in [-0.39, 0.29) is 23.6 Å². The number of rotatable bonds is 4. The fourth-order valence-electron chi connectivity index (χ4n) is 3.28. The van der Waals surface area contributed by atoms with E-state index < -0.39 is 16.9 Å². The fourth-order valence-corrected chi connectivity index (χ4v) is 3.28. The number of amides is 2. The molecule has 2 amide bonds. The van der Waals surface area contributed by atoms with Gasteiger partial charge in [-0.05, 0) is 18.2 Å². The van der Waals surface area contributed by atoms with Gasteiger partial charge in [-0.1, -0.05) is 6.07 Å². The lowest BCUT2D eigenvalue weighted by Gasteiger charge is -2.22. The predicted molar refractivity (Wildman–Crippen MR) is 98.8 cm³/mol. The highest BCUT2D eigenvalue weighted by molar-refractivity contribution is 5.99. The maximum Gasteiger partial charge on any atom is 0.270 e. The van der Waals surface area contributed by atoms with Gasteiger partial charge in [0.05, 0.1) is 11.0 Å². The van der Waals surface area contributed by atoms with Gasteiger partial charge in [0.15, 0.2) is 11.5 Å². The molecule has 0 radical (unpaired) electrons. The van der Waals surface area contributed by atoms with Crippen molar-refractivity contribution in [1.82, 2.24) is 5.32 Å². The van der Waals surface area contributed by atoms with Gasteiger partial charge in [-0.25, -0.2) is 0 Å². The van der Waals surface area contributed by atoms with Crippen LogP contribution in [0.1, 0.15) is 16.8 Å². The molecule has 2 aliphatic rings. The molecule has 0 aromatic heterocycles. The highest BCUT2D eigenvalue weighted by Gasteiger charge is 2.32. The summed E-state index contributed by atoms with van der Waals surface area (Å²) in [5.41, 5.74) is 0.689. The molecule has 2 aliphatic heterocycles. The Balaban J connectivity index is 1.45. The Labute approximate surface area is 160 Å². The molecule has 0 aliphatic carbocycles. The molecule has 9 nitrogen and oxygen atoms in total. The molecule has 2 aromatic carbocycles. The van der Waals surface area contributed by atoms with Crippen LogP contribution in [0, 0.1) is 10.1 Å². The lowest BCUT2D eigenvalue weighted by atomic mass is 10.1. The van der Waals surface area contributed by atoms with Crippen LogP contribution in [0.4, 0.5) is 11.4 Å². The number of nitro benzene ring substituents is 1. The zero-order chi connectivity index (χ0) is 19.7. The van der Waals surface area contributed by atoms with Gasteiger partial charge in [-0.2, -0.15) is 0 Å². The second-order valence-corrected chi connectivity index (χ2v) is 6.51. The van der Waals surface area contributed by atoms with E-state index >= 15 is 0 Å². The van der Waals surface area contributed by atoms with Crippen molar-refractivity contribution in [2.45, 2.75) is 12.5 Å². The average Bonchev–Trinajstić information content (AvgIpc) is 3.07. The Bertz CT molecular complexity index is 960. The van der Waals surface area contributed by atoms with Crippen molar-refractivity contribution in [3.63, 3.8) is 0 Å². The Kier molecular flexibility index (Phi) is 4.56. The molecule has 0 saturated carbocycles. The minimum absolute atomic E-state index is 0.124. The molecule has 1 N–H and O–H groups in total. The molecule has 0 spiro atoms. The number of nitrogens with one attached hydrogen (secondary N) is 1. The minimum Gasteiger partial charge on any atom is -0.486 e. The highest BCUT2D eigenvalue weighted by atomic mass is 16.6. The standard InChI is InChI=1S/C19H17N3O6/c23-18-9-13(20-19(24)12-2-1-3-15(8-12)22(25)26)11-21(18)14-4-5-16-17(10-14)28-7-6-27-16/h1-5,8,10,13H,6-7,9,11H2,(H,20,24)/t13-/m0/s1. The van der Waals surface area contributed by atoms with E-state index in [1.54, 1.807) is 23.1 Å². The van der Waals surface area contributed by atoms with Crippen LogP contribution in [0.3, 0.4) is 0 Å². The van der Waals surface area contributed by atoms with Gasteiger partial charge >= 0.3 is 0 Å². The van der Waals surface area contributed by atoms with Crippen LogP contribution in [0.25, 0.3) is 0 Å². The van der Waals surface area contributed by atoms with E-state index in [9.17, 15) is 19.7 Å². The molecule has 9 heteroatoms. The van der Waals surface area contributed by atoms with E-state index in [0.29, 0.717) is 36.9 Å². The second-order valence-electron chi connectivity index (χ2n) is 6.51. The van der Waals surface area contributed by atoms with Crippen LogP contribution >= 0.6 is 0 Å². The van der Waals surface area contributed by atoms with E-state index in [0.717, 1.165) is 0 Å². The Morgan fingerprint density at radius 3 is 2.71 bits per heavy atom. The summed E-state index contributed by atoms with van der Waals surface area (Å²) in [4.78, 5) is 36.7. The number of carbonyl (C=O) groups excluding carboxylic acids is 2. The van der Waals surface area contributed by atoms with Crippen molar-refractivity contribution >= 4 is 23.2 Å². The number of carbonyl (C=O) groups is 2. The summed E-state index contributed by atoms with van der Waals surface area (Å²) >= 11 is 0. The number of anilines is 1. The van der Waals surface area contributed by atoms with Crippen LogP contribution < -0.4 is 19.7 Å². The van der Waals surface area contributed by atoms with E-state index in [1.807, 2.05) is 0 Å². The zero-order valence-electron chi connectivity index (χ0n) is 14.8. The van der Waals surface area contributed by atoms with Crippen LogP contribution in [-0.4, -0.2) is 42.5 Å². The van der Waals surface area contributed by atoms with Gasteiger partial charge in [0, 0.05) is 42.4 Å². The van der Waals surface area contributed by atoms with E-state index in [4.69, 9.17) is 9.47 Å². The summed E-state index contributed by atoms with van der Waals surface area (Å²) < 4.78 is 11.0. The number of hydrogen-bond donors (Lipinski definition) is 1. The van der Waals surface area contributed by atoms with Gasteiger partial charge in [0.1, 0.15) is 13.2 Å². The lowest BCUT2D eigenvalue weighted by Crippen LogP contribution is -2.37. The zero-order valence-corrected chi connectivity index (χ0v) is 14.8. The highest BCUT2D eigenvalue weighted by Crippen LogP contribution is 2.35. The predicted octanol–water partition coefficient (Wildman–Crippen LogP) is 1.90. The van der Waals surface area contributed by atoms with Crippen molar-refractivity contribution in [3.8, 4) is 11.5 Å². The first-order chi connectivity index (χ1) is 13.5. The largest absolute Gasteiger partial charge is 0.486 e. The van der Waals surface area contributed by atoms with Gasteiger partial charge in [-0.3, -0.25) is 19.7 Å². The fraction of sp³-hybridized carbons (Fsp3) is 0.263. The second kappa shape index (κ2) is 7.18. The monoisotopic (exact) mass is 383 g/mol. The van der Waals surface area contributed by atoms with Crippen molar-refractivity contribution < 1.29 is 24.0 Å². The van der Waals surface area contributed by atoms with E-state index in [1.165, 1.54) is 24.3 Å². The maximum atomic E-state index is 12.4. The van der Waals surface area contributed by atoms with Crippen LogP contribution in [-0.2, 0) is 4.79 Å². The number of non-ortho nitro benzene ring substituents is 1. The van der Waals surface area contributed by atoms with Gasteiger partial charge < -0.3 is 19.7 Å². The molecule has 1 saturated heterocycles. The quantitative estimate of drug-likeness (QED) is 0.638. The smallest absolute Gasteiger partial charge is 0.270 e. The number of nitro groups is 1. The molecule has 0 unspecified atom stereocenters. The topological polar surface area (TPSA) is 111 Å². The number of benzene rings is 2. The van der Waals surface area contributed by atoms with Gasteiger partial charge in [-0.15, -0.1) is 0 Å². The molecule has 0 bridgehead atoms. The summed E-state index contributed by atoms with van der Waals surface area (Å²) in [7, 11) is 0. The SMILES string of the molecule is O=C(N[C@H]1CC(=O)N(c2ccc3c(c2)OCCO3)C1)c1cccc([N+](=O)[O-])c1. The van der Waals surface area contributed by atoms with Crippen LogP contribution in [0.15, 0.2) is 42.5 Å². The molecule has 4 rings (SSSR count). The molecular weight excluding hydrogens is 366 g/mol. The first-order valence-corrected chi connectivity index (χ1v) is 8.76. The normalized spacial score (nSPS) is 18.1. The summed E-state index contributed by atoms with van der Waals surface area (Å²) in [5, 5.41) is 13.6. The third-order valence-electron chi connectivity index (χ3n) is 4.62. The van der Waals surface area contributed by atoms with E-state index in [2.05, 4.69) is 5.32 Å². The lowest BCUT2D eigenvalue weighted by molar-refractivity contribution is -0.384. The molecule has 2 aromatic rings. The maximum absolute atomic E-state index is 12.4. The molecule has 1 fully saturated rings. The summed E-state index contributed by atoms with van der Waals surface area (Å²) in [6, 6.07) is 10.4. The summed E-state index contributed by atoms with van der Waals surface area (Å²) in [6.07, 6.45) is 0.148. The van der Waals surface area contributed by atoms with Gasteiger partial charge in [0.25, 0.3) is 11.6 Å². The first-order valence-electron chi connectivity index (χ1n) is 8.76. The summed E-state index contributed by atoms with van der Waals surface area (Å²) in [5.74, 6) is 0.643. The molecular formula is C19H17N3O6. The summed E-state index contributed by atoms with van der Waals surface area (Å²) in [6.45, 7) is 1.24. The van der Waals surface area contributed by atoms with Crippen LogP contribution in [0.5, 0.6) is 11.5 Å². The first kappa shape index (κ1) is 17.8. The number of fused-ring (bicyclic) bond motifs is 1. The van der Waals surface area contributed by atoms with Crippen molar-refractivity contribution in [2.24, 2.45) is 0 Å². The molecule has 2 heterocycles. The Morgan fingerprint density at radius 2 is 1.93 bits per heavy atom. The van der Waals surface area contributed by atoms with Crippen LogP contribution in [0.2, 0.25) is 0 Å². The number of hydrogen-bond acceptors (Lipinski definition) is 6. The van der Waals surface area contributed by atoms with Gasteiger partial charge in [0.2, 0.25) is 5.91 Å². The Morgan fingerprint density at radius 1 is 1.14 bits per heavy atom. The third kappa shape index (κ3) is 3.46.